The molecule has 0 amide bonds. The van der Waals surface area contributed by atoms with Crippen molar-refractivity contribution in [2.24, 2.45) is 0 Å². The van der Waals surface area contributed by atoms with Gasteiger partial charge in [0.2, 0.25) is 0 Å². The molecule has 2 heteroatoms. The first-order chi connectivity index (χ1) is 8.25. The first-order valence-electron chi connectivity index (χ1n) is 5.84. The normalized spacial score (nSPS) is 10.2. The minimum absolute atomic E-state index is 0.690. The number of pyridine rings is 1. The highest BCUT2D eigenvalue weighted by molar-refractivity contribution is 5.35. The molecule has 0 unspecified atom stereocenters. The van der Waals surface area contributed by atoms with Crippen molar-refractivity contribution in [3.63, 3.8) is 0 Å². The van der Waals surface area contributed by atoms with Gasteiger partial charge in [0.25, 0.3) is 0 Å². The lowest BCUT2D eigenvalue weighted by Gasteiger charge is -2.09. The van der Waals surface area contributed by atoms with E-state index in [1.54, 1.807) is 6.20 Å². The third-order valence-corrected chi connectivity index (χ3v) is 2.71. The molecular formula is C15H17NO. The van der Waals surface area contributed by atoms with E-state index in [-0.39, 0.29) is 0 Å². The van der Waals surface area contributed by atoms with E-state index < -0.39 is 0 Å². The molecular weight excluding hydrogens is 210 g/mol. The Kier molecular flexibility index (Phi) is 3.76. The molecule has 0 N–H and O–H groups in total. The Morgan fingerprint density at radius 2 is 2.06 bits per heavy atom. The molecule has 2 rings (SSSR count). The molecule has 0 aliphatic heterocycles. The molecule has 1 heterocycles. The van der Waals surface area contributed by atoms with Crippen molar-refractivity contribution in [1.82, 2.24) is 4.98 Å². The van der Waals surface area contributed by atoms with Crippen molar-refractivity contribution >= 4 is 0 Å². The third-order valence-electron chi connectivity index (χ3n) is 2.71. The SMILES string of the molecule is Cc1ccc(C)c(OCCc2cccnc2)c1. The standard InChI is InChI=1S/C15H17NO/c1-12-5-6-13(2)15(10-12)17-9-7-14-4-3-8-16-11-14/h3-6,8,10-11H,7,9H2,1-2H3. The molecule has 0 atom stereocenters. The van der Waals surface area contributed by atoms with Crippen LogP contribution in [-0.4, -0.2) is 11.6 Å². The summed E-state index contributed by atoms with van der Waals surface area (Å²) in [7, 11) is 0. The van der Waals surface area contributed by atoms with Crippen molar-refractivity contribution < 1.29 is 4.74 Å². The van der Waals surface area contributed by atoms with Crippen LogP contribution in [0.3, 0.4) is 0 Å². The molecule has 88 valence electrons. The second-order valence-corrected chi connectivity index (χ2v) is 4.23. The van der Waals surface area contributed by atoms with Gasteiger partial charge in [-0.2, -0.15) is 0 Å². The predicted molar refractivity (Wildman–Crippen MR) is 69.4 cm³/mol. The Balaban J connectivity index is 1.92. The fourth-order valence-corrected chi connectivity index (χ4v) is 1.69. The molecule has 1 aromatic heterocycles. The number of ether oxygens (including phenoxy) is 1. The molecule has 0 bridgehead atoms. The van der Waals surface area contributed by atoms with Crippen molar-refractivity contribution in [3.8, 4) is 5.75 Å². The zero-order valence-electron chi connectivity index (χ0n) is 10.3. The number of benzene rings is 1. The van der Waals surface area contributed by atoms with E-state index in [0.717, 1.165) is 12.2 Å². The van der Waals surface area contributed by atoms with Gasteiger partial charge in [0, 0.05) is 18.8 Å². The van der Waals surface area contributed by atoms with Gasteiger partial charge in [-0.05, 0) is 42.7 Å². The summed E-state index contributed by atoms with van der Waals surface area (Å²) in [5.74, 6) is 0.980. The van der Waals surface area contributed by atoms with Crippen molar-refractivity contribution in [1.29, 1.82) is 0 Å². The van der Waals surface area contributed by atoms with E-state index in [4.69, 9.17) is 4.74 Å². The molecule has 1 aromatic carbocycles. The Morgan fingerprint density at radius 1 is 1.18 bits per heavy atom. The molecule has 0 aliphatic rings. The third kappa shape index (κ3) is 3.31. The second-order valence-electron chi connectivity index (χ2n) is 4.23. The second kappa shape index (κ2) is 5.48. The Labute approximate surface area is 102 Å². The molecule has 0 fully saturated rings. The molecule has 17 heavy (non-hydrogen) atoms. The van der Waals surface area contributed by atoms with Crippen LogP contribution in [0.15, 0.2) is 42.7 Å². The Hall–Kier alpha value is -1.83. The highest BCUT2D eigenvalue weighted by atomic mass is 16.5. The first kappa shape index (κ1) is 11.6. The van der Waals surface area contributed by atoms with Gasteiger partial charge in [0.1, 0.15) is 5.75 Å². The minimum atomic E-state index is 0.690. The van der Waals surface area contributed by atoms with E-state index in [9.17, 15) is 0 Å². The van der Waals surface area contributed by atoms with E-state index >= 15 is 0 Å². The van der Waals surface area contributed by atoms with Gasteiger partial charge >= 0.3 is 0 Å². The Bertz CT molecular complexity index is 480. The van der Waals surface area contributed by atoms with Crippen LogP contribution >= 0.6 is 0 Å². The Morgan fingerprint density at radius 3 is 2.82 bits per heavy atom. The van der Waals surface area contributed by atoms with E-state index in [0.29, 0.717) is 6.61 Å². The van der Waals surface area contributed by atoms with E-state index in [1.165, 1.54) is 16.7 Å². The predicted octanol–water partition coefficient (Wildman–Crippen LogP) is 3.32. The summed E-state index contributed by atoms with van der Waals surface area (Å²) < 4.78 is 5.79. The molecule has 0 radical (unpaired) electrons. The molecule has 2 aromatic rings. The zero-order valence-corrected chi connectivity index (χ0v) is 10.3. The molecule has 0 saturated carbocycles. The van der Waals surface area contributed by atoms with E-state index in [1.807, 2.05) is 12.3 Å². The number of aryl methyl sites for hydroxylation is 2. The summed E-state index contributed by atoms with van der Waals surface area (Å²) in [4.78, 5) is 4.09. The summed E-state index contributed by atoms with van der Waals surface area (Å²) >= 11 is 0. The number of aromatic nitrogens is 1. The fourth-order valence-electron chi connectivity index (χ4n) is 1.69. The summed E-state index contributed by atoms with van der Waals surface area (Å²) in [6.45, 7) is 4.84. The van der Waals surface area contributed by atoms with Crippen molar-refractivity contribution in [2.45, 2.75) is 20.3 Å². The van der Waals surface area contributed by atoms with Gasteiger partial charge in [0.05, 0.1) is 6.61 Å². The summed E-state index contributed by atoms with van der Waals surface area (Å²) in [6, 6.07) is 10.3. The van der Waals surface area contributed by atoms with Crippen LogP contribution in [0, 0.1) is 13.8 Å². The maximum Gasteiger partial charge on any atom is 0.122 e. The summed E-state index contributed by atoms with van der Waals surface area (Å²) in [6.07, 6.45) is 4.56. The average molecular weight is 227 g/mol. The molecule has 0 spiro atoms. The number of rotatable bonds is 4. The van der Waals surface area contributed by atoms with Crippen molar-refractivity contribution in [2.75, 3.05) is 6.61 Å². The lowest BCUT2D eigenvalue weighted by molar-refractivity contribution is 0.319. The van der Waals surface area contributed by atoms with Gasteiger partial charge in [-0.1, -0.05) is 18.2 Å². The first-order valence-corrected chi connectivity index (χ1v) is 5.84. The average Bonchev–Trinajstić information content (AvgIpc) is 2.35. The monoisotopic (exact) mass is 227 g/mol. The number of hydrogen-bond acceptors (Lipinski definition) is 2. The number of nitrogens with zero attached hydrogens (tertiary/aromatic N) is 1. The maximum absolute atomic E-state index is 5.79. The molecule has 0 aliphatic carbocycles. The van der Waals surface area contributed by atoms with E-state index in [2.05, 4.69) is 43.1 Å². The largest absolute Gasteiger partial charge is 0.493 e. The topological polar surface area (TPSA) is 22.1 Å². The molecule has 0 saturated heterocycles. The lowest BCUT2D eigenvalue weighted by atomic mass is 10.1. The van der Waals surface area contributed by atoms with Crippen LogP contribution in [0.4, 0.5) is 0 Å². The van der Waals surface area contributed by atoms with Gasteiger partial charge in [-0.3, -0.25) is 4.98 Å². The zero-order chi connectivity index (χ0) is 12.1. The van der Waals surface area contributed by atoms with Crippen LogP contribution in [-0.2, 0) is 6.42 Å². The summed E-state index contributed by atoms with van der Waals surface area (Å²) in [5, 5.41) is 0. The van der Waals surface area contributed by atoms with Gasteiger partial charge < -0.3 is 4.74 Å². The highest BCUT2D eigenvalue weighted by Gasteiger charge is 2.00. The van der Waals surface area contributed by atoms with Crippen LogP contribution < -0.4 is 4.74 Å². The van der Waals surface area contributed by atoms with Crippen LogP contribution in [0.25, 0.3) is 0 Å². The summed E-state index contributed by atoms with van der Waals surface area (Å²) in [5.41, 5.74) is 3.62. The van der Waals surface area contributed by atoms with Crippen molar-refractivity contribution in [3.05, 3.63) is 59.4 Å². The van der Waals surface area contributed by atoms with Crippen LogP contribution in [0.1, 0.15) is 16.7 Å². The lowest BCUT2D eigenvalue weighted by Crippen LogP contribution is -2.02. The van der Waals surface area contributed by atoms with Gasteiger partial charge in [-0.25, -0.2) is 0 Å². The highest BCUT2D eigenvalue weighted by Crippen LogP contribution is 2.19. The van der Waals surface area contributed by atoms with Crippen LogP contribution in [0.2, 0.25) is 0 Å². The molecule has 2 nitrogen and oxygen atoms in total. The smallest absolute Gasteiger partial charge is 0.122 e. The fraction of sp³-hybridized carbons (Fsp3) is 0.267. The maximum atomic E-state index is 5.79. The van der Waals surface area contributed by atoms with Crippen LogP contribution in [0.5, 0.6) is 5.75 Å². The van der Waals surface area contributed by atoms with Gasteiger partial charge in [0.15, 0.2) is 0 Å². The van der Waals surface area contributed by atoms with Gasteiger partial charge in [-0.15, -0.1) is 0 Å². The number of hydrogen-bond donors (Lipinski definition) is 0. The minimum Gasteiger partial charge on any atom is -0.493 e. The quantitative estimate of drug-likeness (QED) is 0.799.